The first kappa shape index (κ1) is 15.2. The zero-order chi connectivity index (χ0) is 15.4. The Morgan fingerprint density at radius 3 is 2.67 bits per heavy atom. The van der Waals surface area contributed by atoms with E-state index in [1.807, 2.05) is 0 Å². The van der Waals surface area contributed by atoms with Crippen molar-refractivity contribution >= 4 is 17.3 Å². The van der Waals surface area contributed by atoms with Gasteiger partial charge in [0.2, 0.25) is 0 Å². The molecule has 0 amide bonds. The summed E-state index contributed by atoms with van der Waals surface area (Å²) in [6.07, 6.45) is 0. The van der Waals surface area contributed by atoms with Crippen LogP contribution in [0.3, 0.4) is 0 Å². The van der Waals surface area contributed by atoms with Gasteiger partial charge in [0.1, 0.15) is 6.61 Å². The van der Waals surface area contributed by atoms with Crippen molar-refractivity contribution < 1.29 is 19.2 Å². The largest absolute Gasteiger partial charge is 0.485 e. The molecule has 0 aliphatic rings. The van der Waals surface area contributed by atoms with Gasteiger partial charge in [-0.1, -0.05) is 29.8 Å². The molecule has 0 heterocycles. The Balaban J connectivity index is 2.31. The number of rotatable bonds is 5. The molecule has 0 saturated heterocycles. The average Bonchev–Trinajstić information content (AvgIpc) is 2.46. The van der Waals surface area contributed by atoms with Gasteiger partial charge in [0.05, 0.1) is 22.1 Å². The zero-order valence-corrected chi connectivity index (χ0v) is 11.5. The molecule has 2 aromatic carbocycles. The molecule has 0 spiro atoms. The second-order valence-corrected chi connectivity index (χ2v) is 4.58. The van der Waals surface area contributed by atoms with E-state index in [4.69, 9.17) is 21.4 Å². The second-order valence-electron chi connectivity index (χ2n) is 4.17. The number of hydrogen-bond acceptors (Lipinski definition) is 4. The fourth-order valence-electron chi connectivity index (χ4n) is 1.85. The number of nitro groups is 1. The summed E-state index contributed by atoms with van der Waals surface area (Å²) in [5, 5.41) is 20.3. The van der Waals surface area contributed by atoms with Crippen molar-refractivity contribution in [2.45, 2.75) is 13.2 Å². The van der Waals surface area contributed by atoms with Gasteiger partial charge in [-0.15, -0.1) is 0 Å². The summed E-state index contributed by atoms with van der Waals surface area (Å²) in [7, 11) is 0. The van der Waals surface area contributed by atoms with Crippen molar-refractivity contribution in [1.29, 1.82) is 0 Å². The number of ether oxygens (including phenoxy) is 1. The summed E-state index contributed by atoms with van der Waals surface area (Å²) in [5.74, 6) is -0.800. The molecule has 0 radical (unpaired) electrons. The Kier molecular flexibility index (Phi) is 4.72. The van der Waals surface area contributed by atoms with Crippen LogP contribution in [0.5, 0.6) is 5.75 Å². The molecule has 0 aliphatic heterocycles. The summed E-state index contributed by atoms with van der Waals surface area (Å²) in [4.78, 5) is 10.4. The highest BCUT2D eigenvalue weighted by Crippen LogP contribution is 2.29. The van der Waals surface area contributed by atoms with E-state index in [9.17, 15) is 14.5 Å². The van der Waals surface area contributed by atoms with Crippen molar-refractivity contribution in [2.75, 3.05) is 0 Å². The number of para-hydroxylation sites is 1. The van der Waals surface area contributed by atoms with Gasteiger partial charge in [-0.05, 0) is 12.1 Å². The van der Waals surface area contributed by atoms with Crippen LogP contribution >= 0.6 is 11.6 Å². The van der Waals surface area contributed by atoms with E-state index in [0.717, 1.165) is 0 Å². The van der Waals surface area contributed by atoms with Gasteiger partial charge < -0.3 is 9.84 Å². The molecule has 1 N–H and O–H groups in total. The SMILES string of the molecule is O=[N+]([O-])c1cccc(Cl)c1COc1c(F)cccc1CO. The number of halogens is 2. The molecule has 0 bridgehead atoms. The van der Waals surface area contributed by atoms with Gasteiger partial charge in [-0.3, -0.25) is 10.1 Å². The Morgan fingerprint density at radius 2 is 2.00 bits per heavy atom. The number of benzene rings is 2. The molecule has 7 heteroatoms. The maximum atomic E-state index is 13.7. The van der Waals surface area contributed by atoms with Gasteiger partial charge in [0.25, 0.3) is 5.69 Å². The van der Waals surface area contributed by atoms with Crippen molar-refractivity contribution in [3.8, 4) is 5.75 Å². The molecule has 0 aliphatic carbocycles. The number of aliphatic hydroxyl groups excluding tert-OH is 1. The van der Waals surface area contributed by atoms with Crippen LogP contribution in [0.4, 0.5) is 10.1 Å². The lowest BCUT2D eigenvalue weighted by atomic mass is 10.2. The molecule has 0 atom stereocenters. The van der Waals surface area contributed by atoms with Gasteiger partial charge >= 0.3 is 0 Å². The minimum Gasteiger partial charge on any atom is -0.485 e. The lowest BCUT2D eigenvalue weighted by molar-refractivity contribution is -0.385. The lowest BCUT2D eigenvalue weighted by Gasteiger charge is -2.12. The Morgan fingerprint density at radius 1 is 1.29 bits per heavy atom. The third kappa shape index (κ3) is 3.29. The molecule has 0 saturated carbocycles. The summed E-state index contributed by atoms with van der Waals surface area (Å²) in [6, 6.07) is 8.34. The van der Waals surface area contributed by atoms with Crippen LogP contribution in [0.1, 0.15) is 11.1 Å². The van der Waals surface area contributed by atoms with Crippen LogP contribution in [0.15, 0.2) is 36.4 Å². The van der Waals surface area contributed by atoms with Crippen LogP contribution in [0, 0.1) is 15.9 Å². The number of aliphatic hydroxyl groups is 1. The first-order valence-electron chi connectivity index (χ1n) is 5.97. The highest BCUT2D eigenvalue weighted by Gasteiger charge is 2.18. The highest BCUT2D eigenvalue weighted by molar-refractivity contribution is 6.31. The van der Waals surface area contributed by atoms with Crippen molar-refractivity contribution in [2.24, 2.45) is 0 Å². The van der Waals surface area contributed by atoms with Gasteiger partial charge in [-0.2, -0.15) is 0 Å². The molecule has 0 aromatic heterocycles. The van der Waals surface area contributed by atoms with Gasteiger partial charge in [0.15, 0.2) is 11.6 Å². The van der Waals surface area contributed by atoms with Gasteiger partial charge in [0, 0.05) is 11.6 Å². The van der Waals surface area contributed by atoms with E-state index in [0.29, 0.717) is 0 Å². The summed E-state index contributed by atoms with van der Waals surface area (Å²) in [5.41, 5.74) is 0.199. The van der Waals surface area contributed by atoms with Crippen LogP contribution < -0.4 is 4.74 Å². The number of nitro benzene ring substituents is 1. The van der Waals surface area contributed by atoms with Gasteiger partial charge in [-0.25, -0.2) is 4.39 Å². The molecule has 0 unspecified atom stereocenters. The fraction of sp³-hybridized carbons (Fsp3) is 0.143. The average molecular weight is 312 g/mol. The van der Waals surface area contributed by atoms with E-state index in [2.05, 4.69) is 0 Å². The fourth-order valence-corrected chi connectivity index (χ4v) is 2.07. The monoisotopic (exact) mass is 311 g/mol. The normalized spacial score (nSPS) is 10.4. The van der Waals surface area contributed by atoms with E-state index < -0.39 is 17.3 Å². The smallest absolute Gasteiger partial charge is 0.277 e. The molecule has 110 valence electrons. The predicted octanol–water partition coefficient (Wildman–Crippen LogP) is 3.46. The van der Waals surface area contributed by atoms with Crippen LogP contribution in [-0.2, 0) is 13.2 Å². The summed E-state index contributed by atoms with van der Waals surface area (Å²) in [6.45, 7) is -0.679. The maximum absolute atomic E-state index is 13.7. The van der Waals surface area contributed by atoms with Crippen molar-refractivity contribution in [3.63, 3.8) is 0 Å². The highest BCUT2D eigenvalue weighted by atomic mass is 35.5. The molecule has 2 rings (SSSR count). The van der Waals surface area contributed by atoms with Crippen LogP contribution in [0.2, 0.25) is 5.02 Å². The number of nitrogens with zero attached hydrogens (tertiary/aromatic N) is 1. The van der Waals surface area contributed by atoms with Crippen molar-refractivity contribution in [3.05, 3.63) is 68.5 Å². The quantitative estimate of drug-likeness (QED) is 0.678. The topological polar surface area (TPSA) is 72.6 Å². The molecule has 5 nitrogen and oxygen atoms in total. The third-order valence-corrected chi connectivity index (χ3v) is 3.22. The summed E-state index contributed by atoms with van der Waals surface area (Å²) >= 11 is 5.93. The van der Waals surface area contributed by atoms with Crippen LogP contribution in [0.25, 0.3) is 0 Å². The molecule has 0 fully saturated rings. The zero-order valence-electron chi connectivity index (χ0n) is 10.8. The minimum absolute atomic E-state index is 0.144. The van der Waals surface area contributed by atoms with E-state index in [1.54, 1.807) is 0 Å². The molecular formula is C14H11ClFNO4. The first-order chi connectivity index (χ1) is 10.0. The number of hydrogen-bond donors (Lipinski definition) is 1. The van der Waals surface area contributed by atoms with Crippen LogP contribution in [-0.4, -0.2) is 10.0 Å². The Hall–Kier alpha value is -2.18. The maximum Gasteiger partial charge on any atom is 0.277 e. The predicted molar refractivity (Wildman–Crippen MR) is 74.8 cm³/mol. The van der Waals surface area contributed by atoms with E-state index in [-0.39, 0.29) is 34.2 Å². The Bertz CT molecular complexity index is 678. The third-order valence-electron chi connectivity index (χ3n) is 2.87. The Labute approximate surface area is 124 Å². The minimum atomic E-state index is -0.656. The van der Waals surface area contributed by atoms with Crippen molar-refractivity contribution in [1.82, 2.24) is 0 Å². The lowest BCUT2D eigenvalue weighted by Crippen LogP contribution is -2.04. The standard InChI is InChI=1S/C14H11ClFNO4/c15-11-4-2-6-13(17(19)20)10(11)8-21-14-9(7-18)3-1-5-12(14)16/h1-6,18H,7-8H2. The molecule has 21 heavy (non-hydrogen) atoms. The molecular weight excluding hydrogens is 301 g/mol. The van der Waals surface area contributed by atoms with E-state index >= 15 is 0 Å². The summed E-state index contributed by atoms with van der Waals surface area (Å²) < 4.78 is 19.0. The second kappa shape index (κ2) is 6.51. The van der Waals surface area contributed by atoms with E-state index in [1.165, 1.54) is 36.4 Å². The first-order valence-corrected chi connectivity index (χ1v) is 6.35. The molecule has 2 aromatic rings.